The van der Waals surface area contributed by atoms with Crippen LogP contribution in [0.15, 0.2) is 42.7 Å². The second-order valence-corrected chi connectivity index (χ2v) is 5.88. The Morgan fingerprint density at radius 2 is 1.85 bits per heavy atom. The summed E-state index contributed by atoms with van der Waals surface area (Å²) in [6.45, 7) is 3.18. The summed E-state index contributed by atoms with van der Waals surface area (Å²) in [7, 11) is 0. The average molecular weight is 378 g/mol. The molecular formula is C18H14F4N4O. The molecule has 1 N–H and O–H groups in total. The largest absolute Gasteiger partial charge is 0.417 e. The van der Waals surface area contributed by atoms with Crippen molar-refractivity contribution in [3.05, 3.63) is 70.9 Å². The zero-order valence-corrected chi connectivity index (χ0v) is 14.3. The third kappa shape index (κ3) is 3.81. The molecule has 2 heterocycles. The van der Waals surface area contributed by atoms with E-state index in [2.05, 4.69) is 15.4 Å². The highest BCUT2D eigenvalue weighted by molar-refractivity contribution is 6.04. The number of pyridine rings is 1. The van der Waals surface area contributed by atoms with Gasteiger partial charge in [0.25, 0.3) is 5.91 Å². The zero-order valence-electron chi connectivity index (χ0n) is 14.3. The van der Waals surface area contributed by atoms with Crippen molar-refractivity contribution in [1.82, 2.24) is 14.8 Å². The molecule has 0 saturated heterocycles. The Kier molecular flexibility index (Phi) is 4.69. The molecule has 0 aliphatic heterocycles. The Bertz CT molecular complexity index is 994. The molecule has 5 nitrogen and oxygen atoms in total. The van der Waals surface area contributed by atoms with E-state index in [1.165, 1.54) is 29.1 Å². The van der Waals surface area contributed by atoms with Gasteiger partial charge in [0.2, 0.25) is 0 Å². The maximum Gasteiger partial charge on any atom is 0.417 e. The minimum absolute atomic E-state index is 0.140. The summed E-state index contributed by atoms with van der Waals surface area (Å²) in [6.07, 6.45) is -2.51. The fraction of sp³-hybridized carbons (Fsp3) is 0.167. The molecule has 0 atom stereocenters. The van der Waals surface area contributed by atoms with Gasteiger partial charge in [0.1, 0.15) is 5.82 Å². The molecule has 0 bridgehead atoms. The van der Waals surface area contributed by atoms with E-state index in [1.807, 2.05) is 0 Å². The Morgan fingerprint density at radius 3 is 2.44 bits per heavy atom. The maximum absolute atomic E-state index is 13.6. The van der Waals surface area contributed by atoms with E-state index in [4.69, 9.17) is 0 Å². The highest BCUT2D eigenvalue weighted by Crippen LogP contribution is 2.29. The normalized spacial score (nSPS) is 11.5. The molecule has 3 aromatic rings. The van der Waals surface area contributed by atoms with Gasteiger partial charge >= 0.3 is 6.18 Å². The van der Waals surface area contributed by atoms with Gasteiger partial charge in [-0.25, -0.2) is 14.1 Å². The number of aryl methyl sites for hydroxylation is 1. The number of hydrogen-bond donors (Lipinski definition) is 1. The second-order valence-electron chi connectivity index (χ2n) is 5.88. The van der Waals surface area contributed by atoms with E-state index < -0.39 is 23.5 Å². The molecule has 0 unspecified atom stereocenters. The van der Waals surface area contributed by atoms with Gasteiger partial charge in [-0.1, -0.05) is 6.07 Å². The van der Waals surface area contributed by atoms with Crippen molar-refractivity contribution in [1.29, 1.82) is 0 Å². The number of alkyl halides is 3. The molecule has 0 radical (unpaired) electrons. The summed E-state index contributed by atoms with van der Waals surface area (Å²) in [5.41, 5.74) is 0.425. The highest BCUT2D eigenvalue weighted by Gasteiger charge is 2.30. The maximum atomic E-state index is 13.6. The predicted octanol–water partition coefficient (Wildman–Crippen LogP) is 4.29. The lowest BCUT2D eigenvalue weighted by atomic mass is 10.2. The van der Waals surface area contributed by atoms with Gasteiger partial charge in [-0.3, -0.25) is 4.79 Å². The standard InChI is InChI=1S/C18H14F4N4O/c1-10-3-5-13(7-15(10)19)25-17(27)14-9-24-26(11(14)2)16-6-4-12(8-23-16)18(20,21)22/h3-9H,1-2H3,(H,25,27). The molecule has 27 heavy (non-hydrogen) atoms. The first-order valence-corrected chi connectivity index (χ1v) is 7.82. The number of rotatable bonds is 3. The van der Waals surface area contributed by atoms with Crippen LogP contribution in [0.2, 0.25) is 0 Å². The smallest absolute Gasteiger partial charge is 0.322 e. The summed E-state index contributed by atoms with van der Waals surface area (Å²) in [4.78, 5) is 16.2. The zero-order chi connectivity index (χ0) is 19.8. The summed E-state index contributed by atoms with van der Waals surface area (Å²) in [5, 5.41) is 6.57. The van der Waals surface area contributed by atoms with Gasteiger partial charge in [0.05, 0.1) is 23.0 Å². The van der Waals surface area contributed by atoms with Gasteiger partial charge in [0, 0.05) is 11.9 Å². The van der Waals surface area contributed by atoms with Crippen LogP contribution in [0.25, 0.3) is 5.82 Å². The van der Waals surface area contributed by atoms with Crippen LogP contribution >= 0.6 is 0 Å². The number of carbonyl (C=O) groups excluding carboxylic acids is 1. The van der Waals surface area contributed by atoms with Crippen molar-refractivity contribution in [3.63, 3.8) is 0 Å². The minimum atomic E-state index is -4.49. The van der Waals surface area contributed by atoms with Crippen LogP contribution in [0.1, 0.15) is 27.2 Å². The number of anilines is 1. The molecular weight excluding hydrogens is 364 g/mol. The lowest BCUT2D eigenvalue weighted by molar-refractivity contribution is -0.137. The van der Waals surface area contributed by atoms with Gasteiger partial charge in [-0.2, -0.15) is 18.3 Å². The van der Waals surface area contributed by atoms with Crippen LogP contribution in [-0.2, 0) is 6.18 Å². The van der Waals surface area contributed by atoms with Gasteiger partial charge in [-0.05, 0) is 43.7 Å². The van der Waals surface area contributed by atoms with E-state index in [9.17, 15) is 22.4 Å². The first-order chi connectivity index (χ1) is 12.7. The van der Waals surface area contributed by atoms with Gasteiger partial charge < -0.3 is 5.32 Å². The quantitative estimate of drug-likeness (QED) is 0.692. The van der Waals surface area contributed by atoms with E-state index in [-0.39, 0.29) is 17.1 Å². The molecule has 2 aromatic heterocycles. The van der Waals surface area contributed by atoms with Crippen molar-refractivity contribution in [3.8, 4) is 5.82 Å². The number of nitrogens with zero attached hydrogens (tertiary/aromatic N) is 3. The minimum Gasteiger partial charge on any atom is -0.322 e. The van der Waals surface area contributed by atoms with Crippen molar-refractivity contribution >= 4 is 11.6 Å². The summed E-state index contributed by atoms with van der Waals surface area (Å²) in [5.74, 6) is -0.830. The van der Waals surface area contributed by atoms with Gasteiger partial charge in [0.15, 0.2) is 5.82 Å². The lowest BCUT2D eigenvalue weighted by Gasteiger charge is -2.09. The number of hydrogen-bond acceptors (Lipinski definition) is 3. The Labute approximate surface area is 151 Å². The second kappa shape index (κ2) is 6.82. The van der Waals surface area contributed by atoms with E-state index in [0.29, 0.717) is 17.5 Å². The van der Waals surface area contributed by atoms with Crippen molar-refractivity contribution in [2.45, 2.75) is 20.0 Å². The molecule has 1 amide bonds. The van der Waals surface area contributed by atoms with Crippen LogP contribution in [0.4, 0.5) is 23.2 Å². The Hall–Kier alpha value is -3.23. The van der Waals surface area contributed by atoms with E-state index in [1.54, 1.807) is 19.9 Å². The Morgan fingerprint density at radius 1 is 1.11 bits per heavy atom. The van der Waals surface area contributed by atoms with Crippen molar-refractivity contribution in [2.24, 2.45) is 0 Å². The first-order valence-electron chi connectivity index (χ1n) is 7.82. The van der Waals surface area contributed by atoms with Crippen LogP contribution in [0, 0.1) is 19.7 Å². The number of carbonyl (C=O) groups is 1. The van der Waals surface area contributed by atoms with Crippen LogP contribution < -0.4 is 5.32 Å². The molecule has 0 saturated carbocycles. The number of aromatic nitrogens is 3. The number of amides is 1. The first kappa shape index (κ1) is 18.6. The molecule has 1 aromatic carbocycles. The summed E-state index contributed by atoms with van der Waals surface area (Å²) in [6, 6.07) is 6.35. The van der Waals surface area contributed by atoms with Crippen LogP contribution in [0.5, 0.6) is 0 Å². The third-order valence-electron chi connectivity index (χ3n) is 3.98. The molecule has 0 spiro atoms. The van der Waals surface area contributed by atoms with Crippen molar-refractivity contribution < 1.29 is 22.4 Å². The molecule has 0 fully saturated rings. The lowest BCUT2D eigenvalue weighted by Crippen LogP contribution is -2.13. The Balaban J connectivity index is 1.84. The molecule has 3 rings (SSSR count). The SMILES string of the molecule is Cc1ccc(NC(=O)c2cnn(-c3ccc(C(F)(F)F)cn3)c2C)cc1F. The van der Waals surface area contributed by atoms with E-state index in [0.717, 1.165) is 6.07 Å². The monoisotopic (exact) mass is 378 g/mol. The third-order valence-corrected chi connectivity index (χ3v) is 3.98. The highest BCUT2D eigenvalue weighted by atomic mass is 19.4. The molecule has 140 valence electrons. The average Bonchev–Trinajstić information content (AvgIpc) is 2.99. The molecule has 0 aliphatic carbocycles. The van der Waals surface area contributed by atoms with Crippen LogP contribution in [0.3, 0.4) is 0 Å². The topological polar surface area (TPSA) is 59.8 Å². The fourth-order valence-corrected chi connectivity index (χ4v) is 2.41. The fourth-order valence-electron chi connectivity index (χ4n) is 2.41. The summed E-state index contributed by atoms with van der Waals surface area (Å²) < 4.78 is 52.7. The molecule has 9 heteroatoms. The van der Waals surface area contributed by atoms with E-state index >= 15 is 0 Å². The summed E-state index contributed by atoms with van der Waals surface area (Å²) >= 11 is 0. The van der Waals surface area contributed by atoms with Crippen LogP contribution in [-0.4, -0.2) is 20.7 Å². The van der Waals surface area contributed by atoms with Crippen molar-refractivity contribution in [2.75, 3.05) is 5.32 Å². The number of halogens is 4. The number of benzene rings is 1. The molecule has 0 aliphatic rings. The predicted molar refractivity (Wildman–Crippen MR) is 90.2 cm³/mol. The number of nitrogens with one attached hydrogen (secondary N) is 1. The van der Waals surface area contributed by atoms with Gasteiger partial charge in [-0.15, -0.1) is 0 Å².